The van der Waals surface area contributed by atoms with Crippen molar-refractivity contribution in [2.45, 2.75) is 18.6 Å². The van der Waals surface area contributed by atoms with E-state index in [9.17, 15) is 14.6 Å². The fourth-order valence-electron chi connectivity index (χ4n) is 3.01. The lowest BCUT2D eigenvalue weighted by molar-refractivity contribution is -0.168. The quantitative estimate of drug-likeness (QED) is 0.687. The van der Waals surface area contributed by atoms with Gasteiger partial charge in [0.25, 0.3) is 0 Å². The molecule has 3 atom stereocenters. The highest BCUT2D eigenvalue weighted by molar-refractivity contribution is 7.46. The first-order valence-corrected chi connectivity index (χ1v) is 9.50. The molecule has 26 heavy (non-hydrogen) atoms. The number of nitrogens with one attached hydrogen (secondary N) is 1. The normalized spacial score (nSPS) is 21.2. The summed E-state index contributed by atoms with van der Waals surface area (Å²) in [6, 6.07) is 16.1. The Labute approximate surface area is 152 Å². The molecule has 0 aliphatic carbocycles. The average molecular weight is 373 g/mol. The Kier molecular flexibility index (Phi) is 6.14. The van der Waals surface area contributed by atoms with Gasteiger partial charge in [-0.1, -0.05) is 42.5 Å². The van der Waals surface area contributed by atoms with Gasteiger partial charge in [0.05, 0.1) is 18.2 Å². The van der Waals surface area contributed by atoms with E-state index >= 15 is 0 Å². The van der Waals surface area contributed by atoms with Crippen molar-refractivity contribution in [3.8, 4) is 0 Å². The molecule has 0 aromatic heterocycles. The molecule has 1 unspecified atom stereocenters. The Bertz CT molecular complexity index is 797. The molecule has 7 heteroatoms. The number of hydrogen-bond acceptors (Lipinski definition) is 5. The van der Waals surface area contributed by atoms with Crippen molar-refractivity contribution in [1.82, 2.24) is 5.32 Å². The summed E-state index contributed by atoms with van der Waals surface area (Å²) in [5.41, 5.74) is 2.00. The summed E-state index contributed by atoms with van der Waals surface area (Å²) in [4.78, 5) is 32.6. The van der Waals surface area contributed by atoms with Gasteiger partial charge in [0.1, 0.15) is 6.10 Å². The van der Waals surface area contributed by atoms with Crippen molar-refractivity contribution >= 4 is 19.3 Å². The maximum atomic E-state index is 11.8. The van der Waals surface area contributed by atoms with Gasteiger partial charge < -0.3 is 20.1 Å². The lowest BCUT2D eigenvalue weighted by Gasteiger charge is -2.30. The average Bonchev–Trinajstić information content (AvgIpc) is 2.67. The van der Waals surface area contributed by atoms with Crippen LogP contribution in [0.25, 0.3) is 0 Å². The van der Waals surface area contributed by atoms with Gasteiger partial charge in [-0.05, 0) is 23.3 Å². The van der Waals surface area contributed by atoms with E-state index in [1.165, 1.54) is 0 Å². The first-order valence-electron chi connectivity index (χ1n) is 8.28. The summed E-state index contributed by atoms with van der Waals surface area (Å²) in [7, 11) is -2.47. The highest BCUT2D eigenvalue weighted by atomic mass is 31.1. The highest BCUT2D eigenvalue weighted by Crippen LogP contribution is 2.23. The number of hydrogen-bond donors (Lipinski definition) is 3. The smallest absolute Gasteiger partial charge is 0.335 e. The molecule has 0 radical (unpaired) electrons. The Morgan fingerprint density at radius 3 is 2.62 bits per heavy atom. The summed E-state index contributed by atoms with van der Waals surface area (Å²) in [5.74, 6) is -0.975. The molecule has 1 aliphatic rings. The summed E-state index contributed by atoms with van der Waals surface area (Å²) < 4.78 is 5.85. The molecule has 0 saturated carbocycles. The van der Waals surface area contributed by atoms with E-state index in [1.807, 2.05) is 36.4 Å². The Balaban J connectivity index is 1.68. The maximum Gasteiger partial charge on any atom is 0.335 e. The standard InChI is InChI=1S/C19H20NO5P/c21-19(22)15-8-4-7-14(10-15)16-12-25-17(11-20-16)18(26(23)24)9-13-5-2-1-3-6-13/h1-8,10,16-17,20H,9,11-12H2,(H,21,22)(H,23,24)/t16-,17-/m0/s1. The van der Waals surface area contributed by atoms with Crippen LogP contribution in [0.5, 0.6) is 0 Å². The van der Waals surface area contributed by atoms with Crippen molar-refractivity contribution in [2.75, 3.05) is 13.2 Å². The monoisotopic (exact) mass is 373 g/mol. The number of carboxylic acids is 1. The Morgan fingerprint density at radius 1 is 1.23 bits per heavy atom. The molecule has 1 saturated heterocycles. The molecule has 1 fully saturated rings. The fourth-order valence-corrected chi connectivity index (χ4v) is 3.74. The van der Waals surface area contributed by atoms with Crippen LogP contribution in [0.2, 0.25) is 0 Å². The van der Waals surface area contributed by atoms with Crippen molar-refractivity contribution in [3.63, 3.8) is 0 Å². The van der Waals surface area contributed by atoms with Gasteiger partial charge in [0.15, 0.2) is 5.29 Å². The van der Waals surface area contributed by atoms with Gasteiger partial charge >= 0.3 is 5.97 Å². The summed E-state index contributed by atoms with van der Waals surface area (Å²) in [5, 5.41) is 12.9. The minimum Gasteiger partial charge on any atom is -0.603 e. The van der Waals surface area contributed by atoms with Crippen LogP contribution in [0.15, 0.2) is 54.6 Å². The lowest BCUT2D eigenvalue weighted by atomic mass is 10.0. The number of carboxylic acid groups (broad SMARTS) is 1. The number of benzene rings is 2. The molecule has 2 aromatic rings. The number of rotatable bonds is 5. The van der Waals surface area contributed by atoms with Crippen LogP contribution in [0.3, 0.4) is 0 Å². The summed E-state index contributed by atoms with van der Waals surface area (Å²) >= 11 is 0. The van der Waals surface area contributed by atoms with Crippen LogP contribution < -0.4 is 10.2 Å². The zero-order valence-corrected chi connectivity index (χ0v) is 14.9. The predicted molar refractivity (Wildman–Crippen MR) is 98.2 cm³/mol. The van der Waals surface area contributed by atoms with Gasteiger partial charge in [-0.25, -0.2) is 4.79 Å². The third-order valence-electron chi connectivity index (χ3n) is 4.40. The molecule has 0 spiro atoms. The second kappa shape index (κ2) is 8.54. The zero-order chi connectivity index (χ0) is 18.5. The van der Waals surface area contributed by atoms with E-state index in [2.05, 4.69) is 5.32 Å². The van der Waals surface area contributed by atoms with Gasteiger partial charge in [-0.2, -0.15) is 4.89 Å². The van der Waals surface area contributed by atoms with Gasteiger partial charge in [-0.15, -0.1) is 0 Å². The van der Waals surface area contributed by atoms with E-state index in [4.69, 9.17) is 9.84 Å². The molecule has 3 rings (SSSR count). The van der Waals surface area contributed by atoms with Crippen LogP contribution in [0.4, 0.5) is 0 Å². The van der Waals surface area contributed by atoms with Crippen molar-refractivity contribution in [3.05, 3.63) is 71.3 Å². The fraction of sp³-hybridized carbons (Fsp3) is 0.263. The van der Waals surface area contributed by atoms with E-state index in [1.54, 1.807) is 18.2 Å². The molecule has 2 aromatic carbocycles. The van der Waals surface area contributed by atoms with Crippen molar-refractivity contribution in [2.24, 2.45) is 0 Å². The van der Waals surface area contributed by atoms with Crippen LogP contribution in [0, 0.1) is 0 Å². The Morgan fingerprint density at radius 2 is 2.00 bits per heavy atom. The number of ether oxygens (including phenoxy) is 1. The summed E-state index contributed by atoms with van der Waals surface area (Å²) in [6.45, 7) is 0.695. The summed E-state index contributed by atoms with van der Waals surface area (Å²) in [6.07, 6.45) is -0.0689. The van der Waals surface area contributed by atoms with Gasteiger partial charge in [0, 0.05) is 13.0 Å². The minimum absolute atomic E-state index is 0.153. The van der Waals surface area contributed by atoms with Crippen molar-refractivity contribution in [1.29, 1.82) is 0 Å². The molecular weight excluding hydrogens is 353 g/mol. The van der Waals surface area contributed by atoms with E-state index in [0.717, 1.165) is 11.1 Å². The predicted octanol–water partition coefficient (Wildman–Crippen LogP) is 1.49. The second-order valence-electron chi connectivity index (χ2n) is 6.14. The SMILES string of the molecule is O=C(O)c1cccc([C@@H]2CO[C@H](C(Cc3ccccc3)=[P+]([O-])O)CN2)c1. The molecule has 1 aliphatic heterocycles. The third kappa shape index (κ3) is 4.55. The Hall–Kier alpha value is -2.08. The first-order chi connectivity index (χ1) is 12.5. The largest absolute Gasteiger partial charge is 0.603 e. The minimum atomic E-state index is -2.47. The topological polar surface area (TPSA) is 102 Å². The van der Waals surface area contributed by atoms with Crippen LogP contribution >= 0.6 is 8.00 Å². The van der Waals surface area contributed by atoms with Gasteiger partial charge in [0.2, 0.25) is 8.00 Å². The van der Waals surface area contributed by atoms with Gasteiger partial charge in [-0.3, -0.25) is 0 Å². The molecule has 136 valence electrons. The number of aromatic carboxylic acids is 1. The van der Waals surface area contributed by atoms with E-state index in [0.29, 0.717) is 24.9 Å². The molecule has 3 N–H and O–H groups in total. The molecular formula is C19H20NO5P. The first kappa shape index (κ1) is 18.7. The zero-order valence-electron chi connectivity index (χ0n) is 14.0. The van der Waals surface area contributed by atoms with Crippen LogP contribution in [-0.4, -0.2) is 40.5 Å². The molecule has 0 bridgehead atoms. The molecule has 6 nitrogen and oxygen atoms in total. The third-order valence-corrected chi connectivity index (χ3v) is 5.33. The van der Waals surface area contributed by atoms with E-state index < -0.39 is 20.1 Å². The lowest BCUT2D eigenvalue weighted by Crippen LogP contribution is -2.45. The number of carbonyl (C=O) groups is 1. The molecule has 1 heterocycles. The second-order valence-corrected chi connectivity index (χ2v) is 7.26. The maximum absolute atomic E-state index is 11.8. The van der Waals surface area contributed by atoms with E-state index in [-0.39, 0.29) is 11.6 Å². The van der Waals surface area contributed by atoms with Crippen LogP contribution in [-0.2, 0) is 11.2 Å². The van der Waals surface area contributed by atoms with Crippen LogP contribution in [0.1, 0.15) is 27.5 Å². The molecule has 0 amide bonds. The van der Waals surface area contributed by atoms with Crippen molar-refractivity contribution < 1.29 is 24.4 Å². The number of morpholine rings is 1. The highest BCUT2D eigenvalue weighted by Gasteiger charge is 2.30.